The third-order valence-corrected chi connectivity index (χ3v) is 2.83. The van der Waals surface area contributed by atoms with Crippen LogP contribution in [0.5, 0.6) is 0 Å². The highest BCUT2D eigenvalue weighted by atomic mass is 19.1. The van der Waals surface area contributed by atoms with Crippen molar-refractivity contribution in [2.45, 2.75) is 25.8 Å². The molecule has 0 saturated carbocycles. The highest BCUT2D eigenvalue weighted by molar-refractivity contribution is 5.37. The van der Waals surface area contributed by atoms with Crippen LogP contribution in [0.1, 0.15) is 18.9 Å². The zero-order valence-corrected chi connectivity index (χ0v) is 10.1. The van der Waals surface area contributed by atoms with Crippen molar-refractivity contribution in [3.05, 3.63) is 47.8 Å². The first-order valence-corrected chi connectivity index (χ1v) is 5.85. The summed E-state index contributed by atoms with van der Waals surface area (Å²) in [7, 11) is 0. The molecule has 1 atom stereocenters. The van der Waals surface area contributed by atoms with Crippen molar-refractivity contribution in [2.75, 3.05) is 0 Å². The lowest BCUT2D eigenvalue weighted by atomic mass is 10.0. The third-order valence-electron chi connectivity index (χ3n) is 2.83. The van der Waals surface area contributed by atoms with Crippen LogP contribution in [0.3, 0.4) is 0 Å². The molecule has 1 aromatic carbocycles. The zero-order chi connectivity index (χ0) is 13.1. The van der Waals surface area contributed by atoms with E-state index in [9.17, 15) is 8.78 Å². The van der Waals surface area contributed by atoms with Crippen molar-refractivity contribution in [3.63, 3.8) is 0 Å². The lowest BCUT2D eigenvalue weighted by Crippen LogP contribution is -2.21. The molecule has 0 fully saturated rings. The smallest absolute Gasteiger partial charge is 0.152 e. The molecule has 18 heavy (non-hydrogen) atoms. The van der Waals surface area contributed by atoms with Gasteiger partial charge in [-0.05, 0) is 36.6 Å². The van der Waals surface area contributed by atoms with Crippen molar-refractivity contribution in [2.24, 2.45) is 5.73 Å². The Hall–Kier alpha value is -1.75. The van der Waals surface area contributed by atoms with Crippen molar-refractivity contribution in [3.8, 4) is 5.69 Å². The second-order valence-corrected chi connectivity index (χ2v) is 4.23. The van der Waals surface area contributed by atoms with Gasteiger partial charge in [0, 0.05) is 18.4 Å². The van der Waals surface area contributed by atoms with Gasteiger partial charge in [0.1, 0.15) is 5.69 Å². The molecule has 0 aliphatic rings. The normalized spacial score (nSPS) is 12.7. The van der Waals surface area contributed by atoms with Gasteiger partial charge in [0.15, 0.2) is 11.6 Å². The lowest BCUT2D eigenvalue weighted by Gasteiger charge is -2.11. The van der Waals surface area contributed by atoms with E-state index in [0.717, 1.165) is 6.42 Å². The Bertz CT molecular complexity index is 500. The maximum absolute atomic E-state index is 13.9. The molecule has 0 aliphatic carbocycles. The molecule has 0 spiro atoms. The van der Waals surface area contributed by atoms with Gasteiger partial charge in [-0.15, -0.1) is 0 Å². The molecule has 2 rings (SSSR count). The number of halogens is 2. The van der Waals surface area contributed by atoms with Crippen LogP contribution in [0.4, 0.5) is 8.78 Å². The van der Waals surface area contributed by atoms with Crippen molar-refractivity contribution in [1.29, 1.82) is 0 Å². The van der Waals surface area contributed by atoms with Crippen LogP contribution in [0, 0.1) is 11.6 Å². The molecule has 0 radical (unpaired) electrons. The topological polar surface area (TPSA) is 43.8 Å². The maximum Gasteiger partial charge on any atom is 0.152 e. The molecular weight excluding hydrogens is 236 g/mol. The van der Waals surface area contributed by atoms with Gasteiger partial charge in [0.2, 0.25) is 0 Å². The van der Waals surface area contributed by atoms with E-state index in [2.05, 4.69) is 5.10 Å². The molecule has 96 valence electrons. The predicted molar refractivity (Wildman–Crippen MR) is 65.5 cm³/mol. The number of benzene rings is 1. The van der Waals surface area contributed by atoms with E-state index < -0.39 is 11.6 Å². The van der Waals surface area contributed by atoms with Crippen molar-refractivity contribution < 1.29 is 8.78 Å². The fourth-order valence-corrected chi connectivity index (χ4v) is 1.80. The molecule has 2 N–H and O–H groups in total. The van der Waals surface area contributed by atoms with Crippen LogP contribution in [-0.4, -0.2) is 15.8 Å². The summed E-state index contributed by atoms with van der Waals surface area (Å²) in [5.74, 6) is -1.26. The quantitative estimate of drug-likeness (QED) is 0.907. The maximum atomic E-state index is 13.9. The van der Waals surface area contributed by atoms with E-state index in [4.69, 9.17) is 5.73 Å². The summed E-state index contributed by atoms with van der Waals surface area (Å²) < 4.78 is 28.9. The fourth-order valence-electron chi connectivity index (χ4n) is 1.80. The monoisotopic (exact) mass is 251 g/mol. The molecule has 0 aliphatic heterocycles. The molecule has 5 heteroatoms. The SMILES string of the molecule is CCC(N)Cc1cc(F)c(-n2cccn2)c(F)c1. The number of rotatable bonds is 4. The molecule has 0 amide bonds. The van der Waals surface area contributed by atoms with Crippen LogP contribution in [0.15, 0.2) is 30.6 Å². The predicted octanol–water partition coefficient (Wildman–Crippen LogP) is 2.43. The summed E-state index contributed by atoms with van der Waals surface area (Å²) in [6.07, 6.45) is 4.20. The standard InChI is InChI=1S/C13H15F2N3/c1-2-10(16)6-9-7-11(14)13(12(15)8-9)18-5-3-4-17-18/h3-5,7-8,10H,2,6,16H2,1H3. The highest BCUT2D eigenvalue weighted by Gasteiger charge is 2.14. The average molecular weight is 251 g/mol. The Kier molecular flexibility index (Phi) is 3.72. The van der Waals surface area contributed by atoms with E-state index in [1.807, 2.05) is 6.92 Å². The van der Waals surface area contributed by atoms with Crippen molar-refractivity contribution >= 4 is 0 Å². The van der Waals surface area contributed by atoms with Gasteiger partial charge < -0.3 is 5.73 Å². The number of hydrogen-bond acceptors (Lipinski definition) is 2. The molecule has 0 bridgehead atoms. The van der Waals surface area contributed by atoms with Crippen LogP contribution >= 0.6 is 0 Å². The van der Waals surface area contributed by atoms with Gasteiger partial charge in [0.25, 0.3) is 0 Å². The number of aromatic nitrogens is 2. The highest BCUT2D eigenvalue weighted by Crippen LogP contribution is 2.20. The molecule has 0 saturated heterocycles. The minimum atomic E-state index is -0.628. The Labute approximate surface area is 104 Å². The van der Waals surface area contributed by atoms with Gasteiger partial charge in [-0.2, -0.15) is 5.10 Å². The van der Waals surface area contributed by atoms with E-state index >= 15 is 0 Å². The second kappa shape index (κ2) is 5.27. The Balaban J connectivity index is 2.36. The molecule has 1 unspecified atom stereocenters. The largest absolute Gasteiger partial charge is 0.327 e. The summed E-state index contributed by atoms with van der Waals surface area (Å²) in [5.41, 5.74) is 6.18. The van der Waals surface area contributed by atoms with Gasteiger partial charge in [-0.25, -0.2) is 13.5 Å². The lowest BCUT2D eigenvalue weighted by molar-refractivity contribution is 0.552. The minimum Gasteiger partial charge on any atom is -0.327 e. The van der Waals surface area contributed by atoms with Crippen LogP contribution in [-0.2, 0) is 6.42 Å². The minimum absolute atomic E-state index is 0.0839. The van der Waals surface area contributed by atoms with E-state index in [1.54, 1.807) is 6.07 Å². The fraction of sp³-hybridized carbons (Fsp3) is 0.308. The first kappa shape index (κ1) is 12.7. The summed E-state index contributed by atoms with van der Waals surface area (Å²) in [5, 5.41) is 3.83. The number of nitrogens with zero attached hydrogens (tertiary/aromatic N) is 2. The molecule has 1 heterocycles. The van der Waals surface area contributed by atoms with E-state index in [-0.39, 0.29) is 11.7 Å². The van der Waals surface area contributed by atoms with Crippen LogP contribution < -0.4 is 5.73 Å². The van der Waals surface area contributed by atoms with Gasteiger partial charge in [-0.3, -0.25) is 0 Å². The summed E-state index contributed by atoms with van der Waals surface area (Å²) >= 11 is 0. The molecule has 1 aromatic heterocycles. The van der Waals surface area contributed by atoms with Gasteiger partial charge in [0.05, 0.1) is 0 Å². The number of hydrogen-bond donors (Lipinski definition) is 1. The molecule has 3 nitrogen and oxygen atoms in total. The van der Waals surface area contributed by atoms with Gasteiger partial charge in [-0.1, -0.05) is 6.92 Å². The molecule has 2 aromatic rings. The van der Waals surface area contributed by atoms with Crippen LogP contribution in [0.25, 0.3) is 5.69 Å². The Morgan fingerprint density at radius 2 is 2.00 bits per heavy atom. The first-order chi connectivity index (χ1) is 8.61. The number of nitrogens with two attached hydrogens (primary N) is 1. The molecular formula is C13H15F2N3. The summed E-state index contributed by atoms with van der Waals surface area (Å²) in [6, 6.07) is 4.16. The first-order valence-electron chi connectivity index (χ1n) is 5.85. The average Bonchev–Trinajstić information content (AvgIpc) is 2.81. The van der Waals surface area contributed by atoms with E-state index in [1.165, 1.54) is 29.2 Å². The second-order valence-electron chi connectivity index (χ2n) is 4.23. The summed E-state index contributed by atoms with van der Waals surface area (Å²) in [4.78, 5) is 0. The zero-order valence-electron chi connectivity index (χ0n) is 10.1. The third kappa shape index (κ3) is 2.56. The van der Waals surface area contributed by atoms with Crippen LogP contribution in [0.2, 0.25) is 0 Å². The van der Waals surface area contributed by atoms with E-state index in [0.29, 0.717) is 12.0 Å². The van der Waals surface area contributed by atoms with Gasteiger partial charge >= 0.3 is 0 Å². The summed E-state index contributed by atoms with van der Waals surface area (Å²) in [6.45, 7) is 1.94. The Morgan fingerprint density at radius 3 is 2.50 bits per heavy atom. The van der Waals surface area contributed by atoms with Crippen molar-refractivity contribution in [1.82, 2.24) is 9.78 Å². The Morgan fingerprint density at radius 1 is 1.33 bits per heavy atom.